The summed E-state index contributed by atoms with van der Waals surface area (Å²) in [7, 11) is 0. The van der Waals surface area contributed by atoms with E-state index in [0.717, 1.165) is 12.5 Å². The summed E-state index contributed by atoms with van der Waals surface area (Å²) in [6.07, 6.45) is 3.89. The molecule has 1 aliphatic rings. The summed E-state index contributed by atoms with van der Waals surface area (Å²) in [5.41, 5.74) is 5.71. The lowest BCUT2D eigenvalue weighted by Gasteiger charge is -2.22. The normalized spacial score (nSPS) is 21.9. The van der Waals surface area contributed by atoms with Crippen molar-refractivity contribution in [1.82, 2.24) is 4.90 Å². The monoisotopic (exact) mass is 216 g/mol. The Balaban J connectivity index is 2.14. The van der Waals surface area contributed by atoms with Crippen molar-refractivity contribution in [3.63, 3.8) is 0 Å². The van der Waals surface area contributed by atoms with Crippen LogP contribution < -0.4 is 5.73 Å². The molecule has 0 saturated carbocycles. The zero-order valence-electron chi connectivity index (χ0n) is 9.37. The molecule has 2 nitrogen and oxygen atoms in total. The molecule has 0 amide bonds. The van der Waals surface area contributed by atoms with Crippen LogP contribution >= 0.6 is 11.8 Å². The molecule has 1 unspecified atom stereocenters. The number of nitrogens with two attached hydrogens (primary N) is 1. The van der Waals surface area contributed by atoms with Crippen LogP contribution in [-0.2, 0) is 0 Å². The molecule has 0 aromatic heterocycles. The number of rotatable bonds is 5. The van der Waals surface area contributed by atoms with Crippen molar-refractivity contribution >= 4 is 11.8 Å². The van der Waals surface area contributed by atoms with Crippen LogP contribution in [0.1, 0.15) is 26.2 Å². The van der Waals surface area contributed by atoms with Gasteiger partial charge in [-0.05, 0) is 44.1 Å². The van der Waals surface area contributed by atoms with Crippen LogP contribution in [0.4, 0.5) is 0 Å². The van der Waals surface area contributed by atoms with Crippen LogP contribution in [0.5, 0.6) is 0 Å². The predicted octanol–water partition coefficient (Wildman–Crippen LogP) is 1.80. The lowest BCUT2D eigenvalue weighted by atomic mass is 10.0. The van der Waals surface area contributed by atoms with Crippen LogP contribution in [0.2, 0.25) is 0 Å². The van der Waals surface area contributed by atoms with Gasteiger partial charge in [0.25, 0.3) is 0 Å². The Morgan fingerprint density at radius 1 is 1.36 bits per heavy atom. The highest BCUT2D eigenvalue weighted by Gasteiger charge is 2.11. The number of thioether (sulfide) groups is 1. The van der Waals surface area contributed by atoms with E-state index in [1.165, 1.54) is 50.4 Å². The Bertz CT molecular complexity index is 129. The molecule has 84 valence electrons. The summed E-state index contributed by atoms with van der Waals surface area (Å²) >= 11 is 2.10. The molecule has 1 fully saturated rings. The van der Waals surface area contributed by atoms with Crippen LogP contribution in [0.25, 0.3) is 0 Å². The maximum Gasteiger partial charge on any atom is 0.00723 e. The zero-order chi connectivity index (χ0) is 10.2. The maximum atomic E-state index is 5.71. The summed E-state index contributed by atoms with van der Waals surface area (Å²) in [4.78, 5) is 2.61. The van der Waals surface area contributed by atoms with Gasteiger partial charge in [-0.25, -0.2) is 0 Å². The first-order valence-corrected chi connectivity index (χ1v) is 7.02. The largest absolute Gasteiger partial charge is 0.330 e. The molecule has 0 aromatic carbocycles. The fourth-order valence-electron chi connectivity index (χ4n) is 1.88. The van der Waals surface area contributed by atoms with Gasteiger partial charge in [-0.3, -0.25) is 0 Å². The van der Waals surface area contributed by atoms with Crippen molar-refractivity contribution in [1.29, 1.82) is 0 Å². The fourth-order valence-corrected chi connectivity index (χ4v) is 2.80. The molecule has 1 heterocycles. The van der Waals surface area contributed by atoms with E-state index in [1.54, 1.807) is 0 Å². The highest BCUT2D eigenvalue weighted by Crippen LogP contribution is 2.12. The second-order valence-electron chi connectivity index (χ2n) is 4.11. The maximum absolute atomic E-state index is 5.71. The van der Waals surface area contributed by atoms with Gasteiger partial charge in [-0.15, -0.1) is 0 Å². The van der Waals surface area contributed by atoms with Crippen molar-refractivity contribution in [2.24, 2.45) is 11.7 Å². The van der Waals surface area contributed by atoms with Crippen molar-refractivity contribution < 1.29 is 0 Å². The molecular formula is C11H24N2S. The molecule has 1 atom stereocenters. The number of nitrogens with zero attached hydrogens (tertiary/aromatic N) is 1. The van der Waals surface area contributed by atoms with E-state index in [2.05, 4.69) is 23.6 Å². The summed E-state index contributed by atoms with van der Waals surface area (Å²) in [6, 6.07) is 0. The first kappa shape index (κ1) is 12.3. The lowest BCUT2D eigenvalue weighted by Crippen LogP contribution is -2.29. The highest BCUT2D eigenvalue weighted by molar-refractivity contribution is 7.99. The molecular weight excluding hydrogens is 192 g/mol. The van der Waals surface area contributed by atoms with E-state index >= 15 is 0 Å². The van der Waals surface area contributed by atoms with E-state index in [9.17, 15) is 0 Å². The van der Waals surface area contributed by atoms with Gasteiger partial charge in [0.05, 0.1) is 0 Å². The molecule has 1 saturated heterocycles. The Labute approximate surface area is 92.6 Å². The molecule has 2 N–H and O–H groups in total. The van der Waals surface area contributed by atoms with E-state index in [1.807, 2.05) is 0 Å². The molecule has 0 spiro atoms. The Morgan fingerprint density at radius 3 is 2.93 bits per heavy atom. The van der Waals surface area contributed by atoms with Gasteiger partial charge >= 0.3 is 0 Å². The quantitative estimate of drug-likeness (QED) is 0.760. The third-order valence-corrected chi connectivity index (χ3v) is 4.13. The van der Waals surface area contributed by atoms with E-state index in [0.29, 0.717) is 0 Å². The topological polar surface area (TPSA) is 29.3 Å². The van der Waals surface area contributed by atoms with Gasteiger partial charge in [-0.2, -0.15) is 11.8 Å². The summed E-state index contributed by atoms with van der Waals surface area (Å²) in [6.45, 7) is 6.95. The third-order valence-electron chi connectivity index (χ3n) is 3.08. The molecule has 0 bridgehead atoms. The zero-order valence-corrected chi connectivity index (χ0v) is 10.2. The standard InChI is InChI=1S/C11H24N2S/c1-2-11(10-12)4-6-13-5-3-8-14-9-7-13/h11H,2-10,12H2,1H3. The van der Waals surface area contributed by atoms with Gasteiger partial charge in [-0.1, -0.05) is 13.3 Å². The fraction of sp³-hybridized carbons (Fsp3) is 1.00. The first-order chi connectivity index (χ1) is 6.86. The Kier molecular flexibility index (Phi) is 6.65. The van der Waals surface area contributed by atoms with Crippen molar-refractivity contribution in [2.45, 2.75) is 26.2 Å². The first-order valence-electron chi connectivity index (χ1n) is 5.87. The second-order valence-corrected chi connectivity index (χ2v) is 5.33. The third kappa shape index (κ3) is 4.67. The van der Waals surface area contributed by atoms with Crippen molar-refractivity contribution in [3.8, 4) is 0 Å². The van der Waals surface area contributed by atoms with E-state index in [4.69, 9.17) is 5.73 Å². The SMILES string of the molecule is CCC(CN)CCN1CCCSCC1. The van der Waals surface area contributed by atoms with Gasteiger partial charge < -0.3 is 10.6 Å². The van der Waals surface area contributed by atoms with Crippen LogP contribution in [0.15, 0.2) is 0 Å². The van der Waals surface area contributed by atoms with Gasteiger partial charge in [0.2, 0.25) is 0 Å². The smallest absolute Gasteiger partial charge is 0.00723 e. The van der Waals surface area contributed by atoms with Crippen LogP contribution in [-0.4, -0.2) is 42.6 Å². The van der Waals surface area contributed by atoms with Crippen LogP contribution in [0.3, 0.4) is 0 Å². The van der Waals surface area contributed by atoms with Crippen molar-refractivity contribution in [2.75, 3.05) is 37.7 Å². The molecule has 1 aliphatic heterocycles. The minimum Gasteiger partial charge on any atom is -0.330 e. The minimum atomic E-state index is 0.742. The average molecular weight is 216 g/mol. The van der Waals surface area contributed by atoms with Gasteiger partial charge in [0, 0.05) is 12.3 Å². The number of hydrogen-bond donors (Lipinski definition) is 1. The summed E-state index contributed by atoms with van der Waals surface area (Å²) < 4.78 is 0. The Morgan fingerprint density at radius 2 is 2.21 bits per heavy atom. The van der Waals surface area contributed by atoms with E-state index in [-0.39, 0.29) is 0 Å². The lowest BCUT2D eigenvalue weighted by molar-refractivity contribution is 0.268. The molecule has 0 aromatic rings. The molecule has 14 heavy (non-hydrogen) atoms. The van der Waals surface area contributed by atoms with Gasteiger partial charge in [0.15, 0.2) is 0 Å². The number of hydrogen-bond acceptors (Lipinski definition) is 3. The predicted molar refractivity (Wildman–Crippen MR) is 65.8 cm³/mol. The highest BCUT2D eigenvalue weighted by atomic mass is 32.2. The van der Waals surface area contributed by atoms with Gasteiger partial charge in [0.1, 0.15) is 0 Å². The van der Waals surface area contributed by atoms with Crippen molar-refractivity contribution in [3.05, 3.63) is 0 Å². The molecule has 1 rings (SSSR count). The molecule has 0 aliphatic carbocycles. The Hall–Kier alpha value is 0.270. The minimum absolute atomic E-state index is 0.742. The van der Waals surface area contributed by atoms with Crippen LogP contribution in [0, 0.1) is 5.92 Å². The summed E-state index contributed by atoms with van der Waals surface area (Å²) in [5, 5.41) is 0. The second kappa shape index (κ2) is 7.55. The summed E-state index contributed by atoms with van der Waals surface area (Å²) in [5.74, 6) is 3.41. The van der Waals surface area contributed by atoms with E-state index < -0.39 is 0 Å². The molecule has 0 radical (unpaired) electrons. The molecule has 3 heteroatoms. The average Bonchev–Trinajstić information content (AvgIpc) is 2.48.